The minimum Gasteiger partial charge on any atom is -0.399 e. The van der Waals surface area contributed by atoms with Crippen LogP contribution in [0.25, 0.3) is 0 Å². The number of hydrogen-bond acceptors (Lipinski definition) is 3. The number of aliphatic imine (C=N–C) groups is 1. The number of aliphatic hydroxyl groups is 1. The summed E-state index contributed by atoms with van der Waals surface area (Å²) < 4.78 is 0. The molecule has 0 radical (unpaired) electrons. The van der Waals surface area contributed by atoms with E-state index in [0.29, 0.717) is 6.54 Å². The predicted molar refractivity (Wildman–Crippen MR) is 88.6 cm³/mol. The van der Waals surface area contributed by atoms with E-state index in [0.717, 1.165) is 29.8 Å². The lowest BCUT2D eigenvalue weighted by Crippen LogP contribution is -2.07. The number of benzene rings is 2. The monoisotopic (exact) mass is 282 g/mol. The summed E-state index contributed by atoms with van der Waals surface area (Å²) in [6.45, 7) is 2.49. The van der Waals surface area contributed by atoms with Gasteiger partial charge in [0, 0.05) is 17.8 Å². The summed E-state index contributed by atoms with van der Waals surface area (Å²) in [7, 11) is 0. The SMILES string of the molecule is CCC(Cc1ccc(N)cc1)=NC[C@H](O)c1ccccc1. The van der Waals surface area contributed by atoms with Crippen LogP contribution in [0.5, 0.6) is 0 Å². The number of nitrogens with two attached hydrogens (primary N) is 1. The van der Waals surface area contributed by atoms with Crippen LogP contribution in [0.1, 0.15) is 30.6 Å². The number of anilines is 1. The zero-order chi connectivity index (χ0) is 15.1. The second kappa shape index (κ2) is 7.60. The van der Waals surface area contributed by atoms with Crippen molar-refractivity contribution in [3.63, 3.8) is 0 Å². The molecule has 1 atom stereocenters. The van der Waals surface area contributed by atoms with Gasteiger partial charge in [-0.2, -0.15) is 0 Å². The Labute approximate surface area is 126 Å². The topological polar surface area (TPSA) is 58.6 Å². The predicted octanol–water partition coefficient (Wildman–Crippen LogP) is 3.40. The van der Waals surface area contributed by atoms with Gasteiger partial charge < -0.3 is 10.8 Å². The highest BCUT2D eigenvalue weighted by atomic mass is 16.3. The third-order valence-corrected chi connectivity index (χ3v) is 3.47. The van der Waals surface area contributed by atoms with Gasteiger partial charge in [0.25, 0.3) is 0 Å². The second-order valence-corrected chi connectivity index (χ2v) is 5.11. The summed E-state index contributed by atoms with van der Waals surface area (Å²) in [4.78, 5) is 4.57. The molecular weight excluding hydrogens is 260 g/mol. The summed E-state index contributed by atoms with van der Waals surface area (Å²) in [6.07, 6.45) is 1.14. The van der Waals surface area contributed by atoms with Crippen molar-refractivity contribution >= 4 is 11.4 Å². The van der Waals surface area contributed by atoms with Crippen molar-refractivity contribution in [2.45, 2.75) is 25.9 Å². The van der Waals surface area contributed by atoms with Gasteiger partial charge in [-0.3, -0.25) is 4.99 Å². The Kier molecular flexibility index (Phi) is 5.52. The van der Waals surface area contributed by atoms with Crippen LogP contribution in [0.15, 0.2) is 59.6 Å². The van der Waals surface area contributed by atoms with Crippen molar-refractivity contribution in [3.8, 4) is 0 Å². The van der Waals surface area contributed by atoms with Crippen LogP contribution in [0.2, 0.25) is 0 Å². The maximum absolute atomic E-state index is 10.1. The summed E-state index contributed by atoms with van der Waals surface area (Å²) in [5.74, 6) is 0. The van der Waals surface area contributed by atoms with Crippen molar-refractivity contribution in [3.05, 3.63) is 65.7 Å². The second-order valence-electron chi connectivity index (χ2n) is 5.11. The number of rotatable bonds is 6. The Bertz CT molecular complexity index is 576. The van der Waals surface area contributed by atoms with Crippen LogP contribution in [-0.4, -0.2) is 17.4 Å². The van der Waals surface area contributed by atoms with E-state index in [-0.39, 0.29) is 0 Å². The van der Waals surface area contributed by atoms with Gasteiger partial charge in [-0.05, 0) is 29.7 Å². The Morgan fingerprint density at radius 3 is 2.38 bits per heavy atom. The highest BCUT2D eigenvalue weighted by Crippen LogP contribution is 2.13. The fraction of sp³-hybridized carbons (Fsp3) is 0.278. The highest BCUT2D eigenvalue weighted by Gasteiger charge is 2.06. The van der Waals surface area contributed by atoms with Gasteiger partial charge in [0.2, 0.25) is 0 Å². The largest absolute Gasteiger partial charge is 0.399 e. The average molecular weight is 282 g/mol. The lowest BCUT2D eigenvalue weighted by atomic mass is 10.1. The molecule has 0 bridgehead atoms. The molecule has 21 heavy (non-hydrogen) atoms. The van der Waals surface area contributed by atoms with Crippen LogP contribution in [0.4, 0.5) is 5.69 Å². The molecule has 110 valence electrons. The van der Waals surface area contributed by atoms with Crippen LogP contribution in [0, 0.1) is 0 Å². The summed E-state index contributed by atoms with van der Waals surface area (Å²) >= 11 is 0. The third-order valence-electron chi connectivity index (χ3n) is 3.47. The van der Waals surface area contributed by atoms with E-state index in [1.54, 1.807) is 0 Å². The number of nitrogens with zero attached hydrogens (tertiary/aromatic N) is 1. The molecule has 0 saturated heterocycles. The van der Waals surface area contributed by atoms with Gasteiger partial charge >= 0.3 is 0 Å². The zero-order valence-electron chi connectivity index (χ0n) is 12.4. The molecule has 0 aliphatic heterocycles. The zero-order valence-corrected chi connectivity index (χ0v) is 12.4. The molecule has 0 spiro atoms. The van der Waals surface area contributed by atoms with Crippen molar-refractivity contribution in [2.24, 2.45) is 4.99 Å². The van der Waals surface area contributed by atoms with Gasteiger partial charge in [0.1, 0.15) is 0 Å². The Hall–Kier alpha value is -2.13. The van der Waals surface area contributed by atoms with Crippen molar-refractivity contribution in [2.75, 3.05) is 12.3 Å². The lowest BCUT2D eigenvalue weighted by molar-refractivity contribution is 0.187. The maximum Gasteiger partial charge on any atom is 0.0985 e. The number of nitrogen functional groups attached to an aromatic ring is 1. The molecule has 3 N–H and O–H groups in total. The van der Waals surface area contributed by atoms with E-state index in [2.05, 4.69) is 11.9 Å². The van der Waals surface area contributed by atoms with E-state index in [9.17, 15) is 5.11 Å². The van der Waals surface area contributed by atoms with Gasteiger partial charge in [-0.1, -0.05) is 49.4 Å². The standard InChI is InChI=1S/C18H22N2O/c1-2-17(12-14-8-10-16(19)11-9-14)20-13-18(21)15-6-4-3-5-7-15/h3-11,18,21H,2,12-13,19H2,1H3/t18-/m0/s1. The third kappa shape index (κ3) is 4.72. The minimum atomic E-state index is -0.542. The first-order valence-electron chi connectivity index (χ1n) is 7.28. The van der Waals surface area contributed by atoms with Gasteiger partial charge in [0.15, 0.2) is 0 Å². The van der Waals surface area contributed by atoms with E-state index >= 15 is 0 Å². The molecular formula is C18H22N2O. The first-order valence-corrected chi connectivity index (χ1v) is 7.28. The van der Waals surface area contributed by atoms with Gasteiger partial charge in [-0.25, -0.2) is 0 Å². The molecule has 3 heteroatoms. The highest BCUT2D eigenvalue weighted by molar-refractivity contribution is 5.86. The first-order chi connectivity index (χ1) is 10.2. The van der Waals surface area contributed by atoms with E-state index in [1.807, 2.05) is 54.6 Å². The molecule has 0 aliphatic rings. The Balaban J connectivity index is 1.98. The van der Waals surface area contributed by atoms with Crippen molar-refractivity contribution < 1.29 is 5.11 Å². The van der Waals surface area contributed by atoms with Gasteiger partial charge in [0.05, 0.1) is 12.6 Å². The van der Waals surface area contributed by atoms with Crippen molar-refractivity contribution in [1.29, 1.82) is 0 Å². The van der Waals surface area contributed by atoms with Crippen LogP contribution in [-0.2, 0) is 6.42 Å². The lowest BCUT2D eigenvalue weighted by Gasteiger charge is -2.10. The van der Waals surface area contributed by atoms with E-state index in [4.69, 9.17) is 5.73 Å². The van der Waals surface area contributed by atoms with E-state index in [1.165, 1.54) is 5.56 Å². The summed E-state index contributed by atoms with van der Waals surface area (Å²) in [6, 6.07) is 17.5. The molecule has 2 rings (SSSR count). The fourth-order valence-corrected chi connectivity index (χ4v) is 2.16. The molecule has 0 aliphatic carbocycles. The smallest absolute Gasteiger partial charge is 0.0985 e. The van der Waals surface area contributed by atoms with Crippen LogP contribution in [0.3, 0.4) is 0 Å². The van der Waals surface area contributed by atoms with Gasteiger partial charge in [-0.15, -0.1) is 0 Å². The normalized spacial score (nSPS) is 13.1. The molecule has 0 saturated carbocycles. The molecule has 0 fully saturated rings. The fourth-order valence-electron chi connectivity index (χ4n) is 2.16. The van der Waals surface area contributed by atoms with Crippen molar-refractivity contribution in [1.82, 2.24) is 0 Å². The number of hydrogen-bond donors (Lipinski definition) is 2. The first kappa shape index (κ1) is 15.3. The quantitative estimate of drug-likeness (QED) is 0.630. The minimum absolute atomic E-state index is 0.405. The summed E-state index contributed by atoms with van der Waals surface area (Å²) in [5, 5.41) is 10.1. The molecule has 0 aromatic heterocycles. The van der Waals surface area contributed by atoms with Crippen LogP contribution < -0.4 is 5.73 Å². The van der Waals surface area contributed by atoms with Crippen LogP contribution >= 0.6 is 0 Å². The molecule has 0 amide bonds. The number of aliphatic hydroxyl groups excluding tert-OH is 1. The molecule has 2 aromatic carbocycles. The van der Waals surface area contributed by atoms with E-state index < -0.39 is 6.10 Å². The Morgan fingerprint density at radius 2 is 1.76 bits per heavy atom. The molecule has 3 nitrogen and oxygen atoms in total. The molecule has 0 unspecified atom stereocenters. The molecule has 2 aromatic rings. The summed E-state index contributed by atoms with van der Waals surface area (Å²) in [5.41, 5.74) is 9.65. The Morgan fingerprint density at radius 1 is 1.10 bits per heavy atom. The molecule has 0 heterocycles. The average Bonchev–Trinajstić information content (AvgIpc) is 2.53. The maximum atomic E-state index is 10.1.